The predicted octanol–water partition coefficient (Wildman–Crippen LogP) is 3.23. The summed E-state index contributed by atoms with van der Waals surface area (Å²) in [7, 11) is 0. The van der Waals surface area contributed by atoms with Crippen molar-refractivity contribution in [2.24, 2.45) is 0 Å². The highest BCUT2D eigenvalue weighted by molar-refractivity contribution is 6.05. The first-order valence-corrected chi connectivity index (χ1v) is 10.2. The van der Waals surface area contributed by atoms with Gasteiger partial charge in [-0.1, -0.05) is 30.3 Å². The van der Waals surface area contributed by atoms with Gasteiger partial charge in [-0.05, 0) is 37.6 Å². The Kier molecular flexibility index (Phi) is 4.54. The van der Waals surface area contributed by atoms with Crippen LogP contribution in [0.25, 0.3) is 11.0 Å². The van der Waals surface area contributed by atoms with E-state index in [9.17, 15) is 9.59 Å². The van der Waals surface area contributed by atoms with Gasteiger partial charge in [0.25, 0.3) is 11.8 Å². The summed E-state index contributed by atoms with van der Waals surface area (Å²) in [4.78, 5) is 29.8. The van der Waals surface area contributed by atoms with Gasteiger partial charge in [-0.25, -0.2) is 4.98 Å². The van der Waals surface area contributed by atoms with E-state index in [1.165, 1.54) is 0 Å². The molecule has 2 unspecified atom stereocenters. The zero-order valence-corrected chi connectivity index (χ0v) is 17.2. The highest BCUT2D eigenvalue weighted by Gasteiger charge is 2.30. The quantitative estimate of drug-likeness (QED) is 0.536. The molecular formula is C23H22N6O2. The molecule has 0 spiro atoms. The van der Waals surface area contributed by atoms with Crippen molar-refractivity contribution < 1.29 is 9.59 Å². The average Bonchev–Trinajstić information content (AvgIpc) is 3.37. The molecule has 4 heterocycles. The molecule has 0 saturated heterocycles. The number of amides is 2. The lowest BCUT2D eigenvalue weighted by atomic mass is 10.1. The molecule has 0 bridgehead atoms. The van der Waals surface area contributed by atoms with Gasteiger partial charge in [-0.2, -0.15) is 5.10 Å². The second-order valence-electron chi connectivity index (χ2n) is 7.88. The summed E-state index contributed by atoms with van der Waals surface area (Å²) >= 11 is 0. The Hall–Kier alpha value is -3.94. The predicted molar refractivity (Wildman–Crippen MR) is 117 cm³/mol. The van der Waals surface area contributed by atoms with Crippen molar-refractivity contribution in [3.05, 3.63) is 77.9 Å². The number of hydrogen-bond acceptors (Lipinski definition) is 4. The Morgan fingerprint density at radius 1 is 1.16 bits per heavy atom. The van der Waals surface area contributed by atoms with Gasteiger partial charge >= 0.3 is 0 Å². The summed E-state index contributed by atoms with van der Waals surface area (Å²) in [5.41, 5.74) is 3.21. The Labute approximate surface area is 178 Å². The Morgan fingerprint density at radius 2 is 1.97 bits per heavy atom. The van der Waals surface area contributed by atoms with Crippen LogP contribution in [-0.2, 0) is 6.54 Å². The number of benzene rings is 1. The molecule has 156 valence electrons. The maximum atomic E-state index is 12.8. The fourth-order valence-electron chi connectivity index (χ4n) is 3.91. The van der Waals surface area contributed by atoms with Crippen LogP contribution in [0.1, 0.15) is 46.4 Å². The summed E-state index contributed by atoms with van der Waals surface area (Å²) < 4.78 is 3.68. The van der Waals surface area contributed by atoms with Crippen molar-refractivity contribution >= 4 is 28.5 Å². The van der Waals surface area contributed by atoms with Crippen LogP contribution in [0.5, 0.6) is 0 Å². The third-order valence-corrected chi connectivity index (χ3v) is 5.72. The van der Waals surface area contributed by atoms with Gasteiger partial charge in [0.15, 0.2) is 0 Å². The van der Waals surface area contributed by atoms with Crippen LogP contribution in [-0.4, -0.2) is 37.2 Å². The third-order valence-electron chi connectivity index (χ3n) is 5.72. The van der Waals surface area contributed by atoms with E-state index < -0.39 is 0 Å². The minimum atomic E-state index is -0.322. The number of aromatic nitrogens is 4. The van der Waals surface area contributed by atoms with E-state index >= 15 is 0 Å². The molecule has 8 nitrogen and oxygen atoms in total. The molecule has 2 amide bonds. The lowest BCUT2D eigenvalue weighted by molar-refractivity contribution is 0.0891. The average molecular weight is 414 g/mol. The molecule has 0 fully saturated rings. The van der Waals surface area contributed by atoms with E-state index in [1.807, 2.05) is 60.9 Å². The maximum absolute atomic E-state index is 12.8. The molecule has 1 aliphatic heterocycles. The van der Waals surface area contributed by atoms with Gasteiger partial charge in [0, 0.05) is 17.6 Å². The van der Waals surface area contributed by atoms with Crippen molar-refractivity contribution in [1.82, 2.24) is 24.6 Å². The summed E-state index contributed by atoms with van der Waals surface area (Å²) in [6.45, 7) is 4.61. The number of carbonyl (C=O) groups excluding carboxylic acids is 2. The van der Waals surface area contributed by atoms with Crippen LogP contribution in [0.4, 0.5) is 5.69 Å². The van der Waals surface area contributed by atoms with Gasteiger partial charge in [-0.3, -0.25) is 14.3 Å². The van der Waals surface area contributed by atoms with Gasteiger partial charge in [0.2, 0.25) is 0 Å². The van der Waals surface area contributed by atoms with E-state index in [2.05, 4.69) is 20.7 Å². The van der Waals surface area contributed by atoms with Gasteiger partial charge in [0.05, 0.1) is 24.5 Å². The van der Waals surface area contributed by atoms with Crippen LogP contribution in [0.3, 0.4) is 0 Å². The minimum absolute atomic E-state index is 0.0228. The van der Waals surface area contributed by atoms with Crippen LogP contribution < -0.4 is 10.6 Å². The largest absolute Gasteiger partial charge is 0.346 e. The molecule has 31 heavy (non-hydrogen) atoms. The molecule has 0 radical (unpaired) electrons. The van der Waals surface area contributed by atoms with Gasteiger partial charge < -0.3 is 15.2 Å². The molecule has 5 rings (SSSR count). The van der Waals surface area contributed by atoms with E-state index in [-0.39, 0.29) is 29.6 Å². The van der Waals surface area contributed by atoms with E-state index in [1.54, 1.807) is 23.1 Å². The SMILES string of the molecule is CC1NC(=O)c2cc3ccc(C(=O)Nc4cnn(Cc5ccccc5)c4)nc3n2C1C. The van der Waals surface area contributed by atoms with Crippen molar-refractivity contribution in [1.29, 1.82) is 0 Å². The van der Waals surface area contributed by atoms with Crippen molar-refractivity contribution in [2.75, 3.05) is 5.32 Å². The number of hydrogen-bond donors (Lipinski definition) is 2. The fraction of sp³-hybridized carbons (Fsp3) is 0.217. The number of anilines is 1. The van der Waals surface area contributed by atoms with Gasteiger partial charge in [-0.15, -0.1) is 0 Å². The van der Waals surface area contributed by atoms with E-state index in [0.717, 1.165) is 10.9 Å². The Morgan fingerprint density at radius 3 is 2.77 bits per heavy atom. The number of carbonyl (C=O) groups is 2. The van der Waals surface area contributed by atoms with Crippen molar-refractivity contribution in [3.63, 3.8) is 0 Å². The number of nitrogens with one attached hydrogen (secondary N) is 2. The molecule has 2 atom stereocenters. The number of rotatable bonds is 4. The highest BCUT2D eigenvalue weighted by Crippen LogP contribution is 2.28. The molecule has 0 saturated carbocycles. The molecule has 2 N–H and O–H groups in total. The number of pyridine rings is 1. The zero-order chi connectivity index (χ0) is 21.5. The summed E-state index contributed by atoms with van der Waals surface area (Å²) in [5, 5.41) is 11.0. The lowest BCUT2D eigenvalue weighted by Crippen LogP contribution is -2.44. The van der Waals surface area contributed by atoms with Crippen molar-refractivity contribution in [3.8, 4) is 0 Å². The van der Waals surface area contributed by atoms with Crippen LogP contribution in [0.15, 0.2) is 60.9 Å². The lowest BCUT2D eigenvalue weighted by Gasteiger charge is -2.29. The standard InChI is InChI=1S/C23H22N6O2/c1-14-15(2)29-20(23(31)25-14)10-17-8-9-19(27-21(17)29)22(30)26-18-11-24-28(13-18)12-16-6-4-3-5-7-16/h3-11,13-15H,12H2,1-2H3,(H,25,31)(H,26,30). The molecule has 1 aliphatic rings. The normalized spacial score (nSPS) is 17.9. The Bertz CT molecular complexity index is 1290. The second-order valence-corrected chi connectivity index (χ2v) is 7.88. The van der Waals surface area contributed by atoms with Crippen LogP contribution >= 0.6 is 0 Å². The molecular weight excluding hydrogens is 392 g/mol. The van der Waals surface area contributed by atoms with E-state index in [4.69, 9.17) is 0 Å². The highest BCUT2D eigenvalue weighted by atomic mass is 16.2. The molecule has 1 aromatic carbocycles. The molecule has 4 aromatic rings. The molecule has 3 aromatic heterocycles. The number of nitrogens with zero attached hydrogens (tertiary/aromatic N) is 4. The first-order chi connectivity index (χ1) is 15.0. The van der Waals surface area contributed by atoms with Crippen molar-refractivity contribution in [2.45, 2.75) is 32.5 Å². The molecule has 0 aliphatic carbocycles. The van der Waals surface area contributed by atoms with Crippen LogP contribution in [0.2, 0.25) is 0 Å². The summed E-state index contributed by atoms with van der Waals surface area (Å²) in [5.74, 6) is -0.446. The second kappa shape index (κ2) is 7.39. The van der Waals surface area contributed by atoms with Gasteiger partial charge in [0.1, 0.15) is 17.0 Å². The molecule has 8 heteroatoms. The first kappa shape index (κ1) is 19.0. The maximum Gasteiger partial charge on any atom is 0.274 e. The smallest absolute Gasteiger partial charge is 0.274 e. The number of fused-ring (bicyclic) bond motifs is 3. The fourth-order valence-corrected chi connectivity index (χ4v) is 3.91. The monoisotopic (exact) mass is 414 g/mol. The minimum Gasteiger partial charge on any atom is -0.346 e. The van der Waals surface area contributed by atoms with Crippen LogP contribution in [0, 0.1) is 0 Å². The van der Waals surface area contributed by atoms with E-state index in [0.29, 0.717) is 23.6 Å². The zero-order valence-electron chi connectivity index (χ0n) is 17.2. The topological polar surface area (TPSA) is 93.8 Å². The third kappa shape index (κ3) is 3.46. The summed E-state index contributed by atoms with van der Waals surface area (Å²) in [6, 6.07) is 15.3. The Balaban J connectivity index is 1.39. The summed E-state index contributed by atoms with van der Waals surface area (Å²) in [6.07, 6.45) is 3.41. The first-order valence-electron chi connectivity index (χ1n) is 10.2.